The Morgan fingerprint density at radius 3 is 2.96 bits per heavy atom. The van der Waals surface area contributed by atoms with Gasteiger partial charge in [-0.25, -0.2) is 0 Å². The van der Waals surface area contributed by atoms with E-state index >= 15 is 0 Å². The molecule has 1 aliphatic heterocycles. The minimum Gasteiger partial charge on any atom is -0.482 e. The van der Waals surface area contributed by atoms with Gasteiger partial charge in [-0.2, -0.15) is 9.97 Å². The van der Waals surface area contributed by atoms with Crippen LogP contribution in [0.1, 0.15) is 16.1 Å². The van der Waals surface area contributed by atoms with Gasteiger partial charge in [-0.3, -0.25) is 9.59 Å². The number of carbonyl (C=O) groups is 2. The maximum Gasteiger partial charge on any atom is 0.315 e. The summed E-state index contributed by atoms with van der Waals surface area (Å²) in [6, 6.07) is 11.8. The number of fused-ring (bicyclic) bond motifs is 2. The second kappa shape index (κ2) is 6.32. The summed E-state index contributed by atoms with van der Waals surface area (Å²) in [5, 5.41) is 15.7. The SMILES string of the molecule is O=C1COc2ccc(CNC(=O)c3nc(O)nc4ccccc34)cc2N1. The normalized spacial score (nSPS) is 12.8. The third-order valence-corrected chi connectivity index (χ3v) is 3.94. The van der Waals surface area contributed by atoms with Gasteiger partial charge < -0.3 is 20.5 Å². The number of nitrogens with zero attached hydrogens (tertiary/aromatic N) is 2. The van der Waals surface area contributed by atoms with Crippen LogP contribution >= 0.6 is 0 Å². The number of para-hydroxylation sites is 1. The maximum atomic E-state index is 12.5. The van der Waals surface area contributed by atoms with Crippen LogP contribution in [0.5, 0.6) is 11.8 Å². The molecular weight excluding hydrogens is 336 g/mol. The summed E-state index contributed by atoms with van der Waals surface area (Å²) in [5.41, 5.74) is 1.94. The predicted octanol–water partition coefficient (Wildman–Crippen LogP) is 1.60. The predicted molar refractivity (Wildman–Crippen MR) is 92.9 cm³/mol. The van der Waals surface area contributed by atoms with Crippen molar-refractivity contribution in [2.24, 2.45) is 0 Å². The molecule has 4 rings (SSSR count). The molecule has 26 heavy (non-hydrogen) atoms. The van der Waals surface area contributed by atoms with Crippen molar-refractivity contribution in [3.63, 3.8) is 0 Å². The summed E-state index contributed by atoms with van der Waals surface area (Å²) in [7, 11) is 0. The zero-order valence-corrected chi connectivity index (χ0v) is 13.5. The monoisotopic (exact) mass is 350 g/mol. The molecule has 0 aliphatic carbocycles. The lowest BCUT2D eigenvalue weighted by Crippen LogP contribution is -2.26. The van der Waals surface area contributed by atoms with Crippen LogP contribution < -0.4 is 15.4 Å². The highest BCUT2D eigenvalue weighted by Gasteiger charge is 2.17. The maximum absolute atomic E-state index is 12.5. The molecule has 0 bridgehead atoms. The molecule has 0 fully saturated rings. The first kappa shape index (κ1) is 15.8. The summed E-state index contributed by atoms with van der Waals surface area (Å²) < 4.78 is 5.30. The second-order valence-electron chi connectivity index (χ2n) is 5.74. The third-order valence-electron chi connectivity index (χ3n) is 3.94. The van der Waals surface area contributed by atoms with E-state index in [4.69, 9.17) is 4.74 Å². The summed E-state index contributed by atoms with van der Waals surface area (Å²) in [6.07, 6.45) is 0. The molecule has 3 aromatic rings. The van der Waals surface area contributed by atoms with Gasteiger partial charge in [0.25, 0.3) is 11.8 Å². The first-order chi connectivity index (χ1) is 12.6. The number of aromatic nitrogens is 2. The minimum absolute atomic E-state index is 0.00659. The molecule has 0 spiro atoms. The van der Waals surface area contributed by atoms with E-state index in [1.807, 2.05) is 0 Å². The number of hydrogen-bond acceptors (Lipinski definition) is 6. The van der Waals surface area contributed by atoms with E-state index in [1.54, 1.807) is 42.5 Å². The molecule has 1 aliphatic rings. The van der Waals surface area contributed by atoms with Crippen LogP contribution in [0.15, 0.2) is 42.5 Å². The van der Waals surface area contributed by atoms with Gasteiger partial charge in [-0.05, 0) is 23.8 Å². The Labute approximate surface area is 147 Å². The lowest BCUT2D eigenvalue weighted by molar-refractivity contribution is -0.118. The van der Waals surface area contributed by atoms with Gasteiger partial charge in [0.15, 0.2) is 6.61 Å². The van der Waals surface area contributed by atoms with Gasteiger partial charge in [0, 0.05) is 11.9 Å². The van der Waals surface area contributed by atoms with Gasteiger partial charge in [-0.15, -0.1) is 0 Å². The van der Waals surface area contributed by atoms with Crippen molar-refractivity contribution in [3.05, 3.63) is 53.7 Å². The van der Waals surface area contributed by atoms with Gasteiger partial charge in [0.05, 0.1) is 11.2 Å². The molecular formula is C18H14N4O4. The van der Waals surface area contributed by atoms with E-state index in [1.165, 1.54) is 0 Å². The second-order valence-corrected chi connectivity index (χ2v) is 5.74. The Morgan fingerprint density at radius 1 is 1.23 bits per heavy atom. The van der Waals surface area contributed by atoms with Crippen molar-refractivity contribution in [1.82, 2.24) is 15.3 Å². The van der Waals surface area contributed by atoms with E-state index in [9.17, 15) is 14.7 Å². The van der Waals surface area contributed by atoms with Crippen LogP contribution in [0.3, 0.4) is 0 Å². The van der Waals surface area contributed by atoms with Crippen molar-refractivity contribution in [3.8, 4) is 11.8 Å². The number of aromatic hydroxyl groups is 1. The van der Waals surface area contributed by atoms with Gasteiger partial charge >= 0.3 is 6.01 Å². The first-order valence-electron chi connectivity index (χ1n) is 7.90. The van der Waals surface area contributed by atoms with Crippen molar-refractivity contribution in [1.29, 1.82) is 0 Å². The van der Waals surface area contributed by atoms with E-state index in [0.717, 1.165) is 5.56 Å². The lowest BCUT2D eigenvalue weighted by atomic mass is 10.1. The zero-order valence-electron chi connectivity index (χ0n) is 13.5. The molecule has 0 saturated carbocycles. The largest absolute Gasteiger partial charge is 0.482 e. The molecule has 0 saturated heterocycles. The van der Waals surface area contributed by atoms with E-state index in [0.29, 0.717) is 22.3 Å². The number of ether oxygens (including phenoxy) is 1. The van der Waals surface area contributed by atoms with Crippen LogP contribution in [0, 0.1) is 0 Å². The third kappa shape index (κ3) is 3.00. The Bertz CT molecular complexity index is 1030. The van der Waals surface area contributed by atoms with E-state index < -0.39 is 11.9 Å². The fourth-order valence-corrected chi connectivity index (χ4v) is 2.74. The van der Waals surface area contributed by atoms with Crippen LogP contribution in [-0.2, 0) is 11.3 Å². The van der Waals surface area contributed by atoms with Gasteiger partial charge in [0.2, 0.25) is 0 Å². The molecule has 3 N–H and O–H groups in total. The van der Waals surface area contributed by atoms with Crippen LogP contribution in [0.25, 0.3) is 10.9 Å². The quantitative estimate of drug-likeness (QED) is 0.661. The number of hydrogen-bond donors (Lipinski definition) is 3. The molecule has 0 radical (unpaired) electrons. The minimum atomic E-state index is -0.456. The van der Waals surface area contributed by atoms with Crippen molar-refractivity contribution in [2.75, 3.05) is 11.9 Å². The summed E-state index contributed by atoms with van der Waals surface area (Å²) in [6.45, 7) is 0.217. The van der Waals surface area contributed by atoms with Crippen LogP contribution in [-0.4, -0.2) is 33.5 Å². The fraction of sp³-hybridized carbons (Fsp3) is 0.111. The highest BCUT2D eigenvalue weighted by Crippen LogP contribution is 2.28. The van der Waals surface area contributed by atoms with Crippen molar-refractivity contribution < 1.29 is 19.4 Å². The standard InChI is InChI=1S/C18H14N4O4/c23-15-9-26-14-6-5-10(7-13(14)20-15)8-19-17(24)16-11-3-1-2-4-12(11)21-18(25)22-16/h1-7H,8-9H2,(H,19,24)(H,20,23)(H,21,22,25). The molecule has 0 atom stereocenters. The highest BCUT2D eigenvalue weighted by atomic mass is 16.5. The number of carbonyl (C=O) groups excluding carboxylic acids is 2. The molecule has 2 amide bonds. The average Bonchev–Trinajstić information content (AvgIpc) is 2.65. The Hall–Kier alpha value is -3.68. The number of rotatable bonds is 3. The van der Waals surface area contributed by atoms with Gasteiger partial charge in [-0.1, -0.05) is 24.3 Å². The van der Waals surface area contributed by atoms with E-state index in [-0.39, 0.29) is 24.8 Å². The van der Waals surface area contributed by atoms with Crippen molar-refractivity contribution >= 4 is 28.4 Å². The Morgan fingerprint density at radius 2 is 2.08 bits per heavy atom. The number of benzene rings is 2. The fourth-order valence-electron chi connectivity index (χ4n) is 2.74. The summed E-state index contributed by atoms with van der Waals surface area (Å²) in [4.78, 5) is 31.7. The van der Waals surface area contributed by atoms with Crippen LogP contribution in [0.2, 0.25) is 0 Å². The van der Waals surface area contributed by atoms with Gasteiger partial charge in [0.1, 0.15) is 11.4 Å². The molecule has 1 aromatic heterocycles. The molecule has 0 unspecified atom stereocenters. The number of amides is 2. The van der Waals surface area contributed by atoms with Crippen molar-refractivity contribution in [2.45, 2.75) is 6.54 Å². The number of anilines is 1. The molecule has 8 nitrogen and oxygen atoms in total. The van der Waals surface area contributed by atoms with Crippen LogP contribution in [0.4, 0.5) is 5.69 Å². The average molecular weight is 350 g/mol. The zero-order chi connectivity index (χ0) is 18.1. The molecule has 2 heterocycles. The topological polar surface area (TPSA) is 113 Å². The number of nitrogens with one attached hydrogen (secondary N) is 2. The first-order valence-corrected chi connectivity index (χ1v) is 7.90. The summed E-state index contributed by atoms with van der Waals surface area (Å²) in [5.74, 6) is -0.0649. The van der Waals surface area contributed by atoms with E-state index in [2.05, 4.69) is 20.6 Å². The molecule has 2 aromatic carbocycles. The molecule has 8 heteroatoms. The smallest absolute Gasteiger partial charge is 0.315 e. The lowest BCUT2D eigenvalue weighted by Gasteiger charge is -2.18. The summed E-state index contributed by atoms with van der Waals surface area (Å²) >= 11 is 0. The Kier molecular flexibility index (Phi) is 3.85. The highest BCUT2D eigenvalue weighted by molar-refractivity contribution is 6.04. The Balaban J connectivity index is 1.55. The molecule has 130 valence electrons.